The molecular weight excluding hydrogens is 450 g/mol. The molecule has 0 aromatic heterocycles. The monoisotopic (exact) mass is 479 g/mol. The highest BCUT2D eigenvalue weighted by Crippen LogP contribution is 2.31. The Morgan fingerprint density at radius 1 is 1.12 bits per heavy atom. The third-order valence-corrected chi connectivity index (χ3v) is 6.63. The van der Waals surface area contributed by atoms with Crippen LogP contribution in [-0.2, 0) is 35.6 Å². The molecule has 0 spiro atoms. The Kier molecular flexibility index (Phi) is 7.88. The van der Waals surface area contributed by atoms with Gasteiger partial charge in [-0.15, -0.1) is 0 Å². The van der Waals surface area contributed by atoms with Crippen LogP contribution >= 0.6 is 0 Å². The maximum absolute atomic E-state index is 13.0. The molecule has 0 aliphatic carbocycles. The third kappa shape index (κ3) is 6.38. The van der Waals surface area contributed by atoms with Crippen molar-refractivity contribution in [2.24, 2.45) is 0 Å². The predicted molar refractivity (Wildman–Crippen MR) is 118 cm³/mol. The van der Waals surface area contributed by atoms with Crippen molar-refractivity contribution in [3.8, 4) is 0 Å². The molecule has 9 nitrogen and oxygen atoms in total. The molecule has 0 amide bonds. The number of sulfonamides is 1. The first-order valence-corrected chi connectivity index (χ1v) is 11.9. The van der Waals surface area contributed by atoms with Gasteiger partial charge in [-0.05, 0) is 38.5 Å². The second-order valence-electron chi connectivity index (χ2n) is 8.32. The number of aryl methyl sites for hydroxylation is 1. The summed E-state index contributed by atoms with van der Waals surface area (Å²) in [5.74, 6) is -2.14. The smallest absolute Gasteiger partial charge is 0.327 e. The highest BCUT2D eigenvalue weighted by Gasteiger charge is 2.49. The number of rotatable bonds is 9. The minimum atomic E-state index is -4.20. The Labute approximate surface area is 193 Å². The van der Waals surface area contributed by atoms with Crippen LogP contribution in [0.15, 0.2) is 59.5 Å². The molecule has 10 heteroatoms. The van der Waals surface area contributed by atoms with Crippen molar-refractivity contribution in [3.05, 3.63) is 65.7 Å². The third-order valence-electron chi connectivity index (χ3n) is 5.17. The summed E-state index contributed by atoms with van der Waals surface area (Å²) in [6, 6.07) is 13.1. The number of benzene rings is 2. The minimum Gasteiger partial charge on any atom is -0.460 e. The van der Waals surface area contributed by atoms with Gasteiger partial charge in [-0.3, -0.25) is 4.79 Å². The molecule has 0 bridgehead atoms. The van der Waals surface area contributed by atoms with Crippen LogP contribution in [0, 0.1) is 6.92 Å². The van der Waals surface area contributed by atoms with Crippen LogP contribution in [0.3, 0.4) is 0 Å². The fraction of sp³-hybridized carbons (Fsp3) is 0.435. The van der Waals surface area contributed by atoms with Gasteiger partial charge >= 0.3 is 5.97 Å². The van der Waals surface area contributed by atoms with Gasteiger partial charge in [-0.25, -0.2) is 8.42 Å². The van der Waals surface area contributed by atoms with Crippen LogP contribution in [0.1, 0.15) is 25.0 Å². The zero-order chi connectivity index (χ0) is 24.2. The number of carbonyl (C=O) groups excluding carboxylic acids is 1. The summed E-state index contributed by atoms with van der Waals surface area (Å²) < 4.78 is 44.7. The first kappa shape index (κ1) is 25.3. The van der Waals surface area contributed by atoms with Crippen LogP contribution in [0.25, 0.3) is 0 Å². The molecule has 1 saturated heterocycles. The summed E-state index contributed by atoms with van der Waals surface area (Å²) in [7, 11) is -4.20. The van der Waals surface area contributed by atoms with Crippen LogP contribution in [0.5, 0.6) is 0 Å². The second-order valence-corrected chi connectivity index (χ2v) is 10.0. The Hall–Kier alpha value is -2.34. The molecule has 1 aliphatic heterocycles. The number of nitrogens with one attached hydrogen (secondary N) is 1. The molecule has 0 saturated carbocycles. The maximum Gasteiger partial charge on any atom is 0.327 e. The molecule has 1 heterocycles. The van der Waals surface area contributed by atoms with Gasteiger partial charge in [0.15, 0.2) is 5.79 Å². The Balaban J connectivity index is 1.86. The van der Waals surface area contributed by atoms with Crippen molar-refractivity contribution < 1.29 is 37.6 Å². The van der Waals surface area contributed by atoms with Crippen LogP contribution in [-0.4, -0.2) is 61.3 Å². The van der Waals surface area contributed by atoms with E-state index in [0.717, 1.165) is 5.56 Å². The number of hydrogen-bond acceptors (Lipinski definition) is 8. The van der Waals surface area contributed by atoms with Crippen molar-refractivity contribution in [1.82, 2.24) is 4.72 Å². The summed E-state index contributed by atoms with van der Waals surface area (Å²) in [6.45, 7) is 4.36. The number of carbonyl (C=O) groups is 1. The van der Waals surface area contributed by atoms with Crippen molar-refractivity contribution in [3.63, 3.8) is 0 Å². The van der Waals surface area contributed by atoms with Gasteiger partial charge in [-0.1, -0.05) is 48.0 Å². The van der Waals surface area contributed by atoms with Crippen LogP contribution in [0.4, 0.5) is 0 Å². The van der Waals surface area contributed by atoms with Crippen LogP contribution in [0.2, 0.25) is 0 Å². The Morgan fingerprint density at radius 2 is 1.76 bits per heavy atom. The molecule has 2 aromatic rings. The van der Waals surface area contributed by atoms with E-state index >= 15 is 0 Å². The lowest BCUT2D eigenvalue weighted by molar-refractivity contribution is -0.165. The average Bonchev–Trinajstić information content (AvgIpc) is 3.11. The van der Waals surface area contributed by atoms with Gasteiger partial charge in [-0.2, -0.15) is 4.72 Å². The largest absolute Gasteiger partial charge is 0.460 e. The Morgan fingerprint density at radius 3 is 2.36 bits per heavy atom. The molecule has 3 N–H and O–H groups in total. The van der Waals surface area contributed by atoms with E-state index in [0.29, 0.717) is 5.56 Å². The number of aliphatic hydroxyl groups excluding tert-OH is 2. The zero-order valence-electron chi connectivity index (χ0n) is 18.7. The standard InChI is InChI=1S/C23H29NO8S/c1-15-9-11-17(12-10-15)33(28,29)24-19(22(27)30-14-16-7-5-4-6-8-16)20(26)21-18(13-25)31-23(2,3)32-21/h4-12,18-21,24-26H,13-14H2,1-3H3/t18-,19?,20-,21+/m0/s1. The summed E-state index contributed by atoms with van der Waals surface area (Å²) in [4.78, 5) is 12.9. The van der Waals surface area contributed by atoms with Gasteiger partial charge in [0.25, 0.3) is 0 Å². The summed E-state index contributed by atoms with van der Waals surface area (Å²) in [6.07, 6.45) is -3.85. The van der Waals surface area contributed by atoms with E-state index in [1.54, 1.807) is 50.2 Å². The van der Waals surface area contributed by atoms with E-state index in [4.69, 9.17) is 14.2 Å². The lowest BCUT2D eigenvalue weighted by Gasteiger charge is -2.28. The van der Waals surface area contributed by atoms with E-state index in [1.807, 2.05) is 13.0 Å². The highest BCUT2D eigenvalue weighted by molar-refractivity contribution is 7.89. The van der Waals surface area contributed by atoms with Crippen molar-refractivity contribution in [2.75, 3.05) is 6.61 Å². The quantitative estimate of drug-likeness (QED) is 0.458. The SMILES string of the molecule is Cc1ccc(S(=O)(=O)NC(C(=O)OCc2ccccc2)[C@H](O)[C@@H]2OC(C)(C)O[C@H]2CO)cc1. The molecular formula is C23H29NO8S. The van der Waals surface area contributed by atoms with E-state index in [-0.39, 0.29) is 11.5 Å². The van der Waals surface area contributed by atoms with Gasteiger partial charge in [0.2, 0.25) is 10.0 Å². The topological polar surface area (TPSA) is 131 Å². The summed E-state index contributed by atoms with van der Waals surface area (Å²) in [5, 5.41) is 20.7. The molecule has 4 atom stereocenters. The minimum absolute atomic E-state index is 0.0798. The van der Waals surface area contributed by atoms with Gasteiger partial charge < -0.3 is 24.4 Å². The van der Waals surface area contributed by atoms with Gasteiger partial charge in [0.1, 0.15) is 31.0 Å². The number of ether oxygens (including phenoxy) is 3. The number of hydrogen-bond donors (Lipinski definition) is 3. The van der Waals surface area contributed by atoms with E-state index < -0.39 is 52.7 Å². The predicted octanol–water partition coefficient (Wildman–Crippen LogP) is 1.26. The lowest BCUT2D eigenvalue weighted by atomic mass is 10.0. The molecule has 1 unspecified atom stereocenters. The van der Waals surface area contributed by atoms with E-state index in [9.17, 15) is 23.4 Å². The molecule has 1 aliphatic rings. The molecule has 33 heavy (non-hydrogen) atoms. The highest BCUT2D eigenvalue weighted by atomic mass is 32.2. The molecule has 2 aromatic carbocycles. The fourth-order valence-corrected chi connectivity index (χ4v) is 4.71. The number of aliphatic hydroxyl groups is 2. The maximum atomic E-state index is 13.0. The van der Waals surface area contributed by atoms with E-state index in [2.05, 4.69) is 4.72 Å². The average molecular weight is 480 g/mol. The number of esters is 1. The van der Waals surface area contributed by atoms with Gasteiger partial charge in [0, 0.05) is 0 Å². The first-order chi connectivity index (χ1) is 15.5. The molecule has 3 rings (SSSR count). The fourth-order valence-electron chi connectivity index (χ4n) is 3.51. The summed E-state index contributed by atoms with van der Waals surface area (Å²) >= 11 is 0. The van der Waals surface area contributed by atoms with Crippen molar-refractivity contribution in [1.29, 1.82) is 0 Å². The van der Waals surface area contributed by atoms with Crippen molar-refractivity contribution in [2.45, 2.75) is 62.4 Å². The molecule has 1 fully saturated rings. The lowest BCUT2D eigenvalue weighted by Crippen LogP contribution is -2.56. The summed E-state index contributed by atoms with van der Waals surface area (Å²) in [5.41, 5.74) is 1.55. The van der Waals surface area contributed by atoms with Gasteiger partial charge in [0.05, 0.1) is 11.5 Å². The molecule has 180 valence electrons. The van der Waals surface area contributed by atoms with Crippen molar-refractivity contribution >= 4 is 16.0 Å². The second kappa shape index (κ2) is 10.3. The van der Waals surface area contributed by atoms with Crippen LogP contribution < -0.4 is 4.72 Å². The molecule has 0 radical (unpaired) electrons. The zero-order valence-corrected chi connectivity index (χ0v) is 19.5. The first-order valence-electron chi connectivity index (χ1n) is 10.5. The normalized spacial score (nSPS) is 22.0. The van der Waals surface area contributed by atoms with E-state index in [1.165, 1.54) is 12.1 Å². The Bertz CT molecular complexity index is 1040.